The predicted octanol–water partition coefficient (Wildman–Crippen LogP) is 0.688. The van der Waals surface area contributed by atoms with Crippen molar-refractivity contribution in [2.75, 3.05) is 19.8 Å². The van der Waals surface area contributed by atoms with Crippen molar-refractivity contribution in [3.63, 3.8) is 0 Å². The molecule has 1 amide bonds. The van der Waals surface area contributed by atoms with E-state index in [-0.39, 0.29) is 29.8 Å². The summed E-state index contributed by atoms with van der Waals surface area (Å²) in [5.74, 6) is 0.110. The quantitative estimate of drug-likeness (QED) is 0.758. The number of hydrogen-bond donors (Lipinski definition) is 2. The van der Waals surface area contributed by atoms with Gasteiger partial charge in [0.25, 0.3) is 0 Å². The van der Waals surface area contributed by atoms with Crippen LogP contribution in [0.15, 0.2) is 0 Å². The Morgan fingerprint density at radius 2 is 2.07 bits per heavy atom. The van der Waals surface area contributed by atoms with Crippen LogP contribution in [0.4, 0.5) is 0 Å². The minimum Gasteiger partial charge on any atom is -0.381 e. The van der Waals surface area contributed by atoms with Crippen molar-refractivity contribution in [2.24, 2.45) is 11.1 Å². The Morgan fingerprint density at radius 1 is 1.53 bits per heavy atom. The van der Waals surface area contributed by atoms with Gasteiger partial charge in [0.1, 0.15) is 0 Å². The van der Waals surface area contributed by atoms with Crippen LogP contribution in [0.1, 0.15) is 26.7 Å². The molecule has 5 heteroatoms. The van der Waals surface area contributed by atoms with Crippen LogP contribution < -0.4 is 11.1 Å². The minimum atomic E-state index is -0.262. The molecule has 3 N–H and O–H groups in total. The lowest BCUT2D eigenvalue weighted by atomic mass is 9.81. The highest BCUT2D eigenvalue weighted by atomic mass is 35.5. The Kier molecular flexibility index (Phi) is 6.17. The van der Waals surface area contributed by atoms with Gasteiger partial charge in [-0.3, -0.25) is 4.79 Å². The van der Waals surface area contributed by atoms with E-state index in [0.29, 0.717) is 19.8 Å². The highest BCUT2D eigenvalue weighted by Crippen LogP contribution is 2.29. The van der Waals surface area contributed by atoms with E-state index in [1.165, 1.54) is 0 Å². The van der Waals surface area contributed by atoms with Crippen molar-refractivity contribution in [3.8, 4) is 0 Å². The van der Waals surface area contributed by atoms with Crippen molar-refractivity contribution >= 4 is 18.3 Å². The zero-order chi connectivity index (χ0) is 10.6. The SMILES string of the molecule is C[C@H](CN)NC(=O)C1(C)CCOCC1.Cl. The van der Waals surface area contributed by atoms with Crippen molar-refractivity contribution in [3.05, 3.63) is 0 Å². The molecular formula is C10H21ClN2O2. The van der Waals surface area contributed by atoms with Crippen LogP contribution in [0, 0.1) is 5.41 Å². The number of rotatable bonds is 3. The van der Waals surface area contributed by atoms with Gasteiger partial charge in [-0.2, -0.15) is 0 Å². The fourth-order valence-electron chi connectivity index (χ4n) is 1.51. The van der Waals surface area contributed by atoms with E-state index in [2.05, 4.69) is 5.32 Å². The summed E-state index contributed by atoms with van der Waals surface area (Å²) >= 11 is 0. The van der Waals surface area contributed by atoms with E-state index in [9.17, 15) is 4.79 Å². The maximum absolute atomic E-state index is 11.9. The van der Waals surface area contributed by atoms with Crippen molar-refractivity contribution in [1.29, 1.82) is 0 Å². The molecule has 0 aromatic carbocycles. The summed E-state index contributed by atoms with van der Waals surface area (Å²) < 4.78 is 5.24. The predicted molar refractivity (Wildman–Crippen MR) is 62.1 cm³/mol. The summed E-state index contributed by atoms with van der Waals surface area (Å²) in [7, 11) is 0. The monoisotopic (exact) mass is 236 g/mol. The molecule has 1 fully saturated rings. The molecule has 0 spiro atoms. The molecule has 1 saturated heterocycles. The van der Waals surface area contributed by atoms with Crippen LogP contribution in [-0.2, 0) is 9.53 Å². The number of ether oxygens (including phenoxy) is 1. The Hall–Kier alpha value is -0.320. The Labute approximate surface area is 97.3 Å². The average Bonchev–Trinajstić information content (AvgIpc) is 2.18. The largest absolute Gasteiger partial charge is 0.381 e. The second-order valence-electron chi connectivity index (χ2n) is 4.28. The molecule has 0 unspecified atom stereocenters. The van der Waals surface area contributed by atoms with E-state index in [4.69, 9.17) is 10.5 Å². The fourth-order valence-corrected chi connectivity index (χ4v) is 1.51. The van der Waals surface area contributed by atoms with Crippen LogP contribution in [0.3, 0.4) is 0 Å². The second-order valence-corrected chi connectivity index (χ2v) is 4.28. The molecule has 0 radical (unpaired) electrons. The lowest BCUT2D eigenvalue weighted by Crippen LogP contribution is -2.47. The third kappa shape index (κ3) is 3.97. The van der Waals surface area contributed by atoms with Gasteiger partial charge in [-0.1, -0.05) is 6.92 Å². The van der Waals surface area contributed by atoms with E-state index < -0.39 is 0 Å². The highest BCUT2D eigenvalue weighted by molar-refractivity contribution is 5.85. The minimum absolute atomic E-state index is 0. The lowest BCUT2D eigenvalue weighted by molar-refractivity contribution is -0.135. The fraction of sp³-hybridized carbons (Fsp3) is 0.900. The topological polar surface area (TPSA) is 64.3 Å². The first kappa shape index (κ1) is 14.7. The van der Waals surface area contributed by atoms with E-state index in [0.717, 1.165) is 12.8 Å². The van der Waals surface area contributed by atoms with E-state index >= 15 is 0 Å². The summed E-state index contributed by atoms with van der Waals surface area (Å²) in [6.07, 6.45) is 1.60. The number of amides is 1. The van der Waals surface area contributed by atoms with Crippen LogP contribution in [-0.4, -0.2) is 31.7 Å². The molecule has 15 heavy (non-hydrogen) atoms. The first-order valence-electron chi connectivity index (χ1n) is 5.17. The van der Waals surface area contributed by atoms with Crippen LogP contribution in [0.2, 0.25) is 0 Å². The molecule has 0 aromatic heterocycles. The van der Waals surface area contributed by atoms with Crippen molar-refractivity contribution < 1.29 is 9.53 Å². The molecule has 1 aliphatic heterocycles. The average molecular weight is 237 g/mol. The Balaban J connectivity index is 0.00000196. The number of hydrogen-bond acceptors (Lipinski definition) is 3. The summed E-state index contributed by atoms with van der Waals surface area (Å²) in [5.41, 5.74) is 5.19. The number of halogens is 1. The number of nitrogens with two attached hydrogens (primary N) is 1. The summed E-state index contributed by atoms with van der Waals surface area (Å²) in [6.45, 7) is 5.76. The smallest absolute Gasteiger partial charge is 0.226 e. The first-order valence-corrected chi connectivity index (χ1v) is 5.17. The normalized spacial score (nSPS) is 21.3. The van der Waals surface area contributed by atoms with E-state index in [1.54, 1.807) is 0 Å². The van der Waals surface area contributed by atoms with Gasteiger partial charge in [0.15, 0.2) is 0 Å². The molecule has 1 heterocycles. The molecule has 0 aliphatic carbocycles. The highest BCUT2D eigenvalue weighted by Gasteiger charge is 2.35. The molecule has 0 aromatic rings. The van der Waals surface area contributed by atoms with Crippen LogP contribution in [0.5, 0.6) is 0 Å². The zero-order valence-electron chi connectivity index (χ0n) is 9.41. The van der Waals surface area contributed by atoms with Gasteiger partial charge in [-0.15, -0.1) is 12.4 Å². The molecule has 4 nitrogen and oxygen atoms in total. The van der Waals surface area contributed by atoms with Gasteiger partial charge in [0, 0.05) is 25.8 Å². The first-order chi connectivity index (χ1) is 6.58. The molecule has 1 aliphatic rings. The van der Waals surface area contributed by atoms with Crippen molar-refractivity contribution in [2.45, 2.75) is 32.7 Å². The lowest BCUT2D eigenvalue weighted by Gasteiger charge is -2.33. The van der Waals surface area contributed by atoms with Gasteiger partial charge in [0.05, 0.1) is 5.41 Å². The third-order valence-corrected chi connectivity index (χ3v) is 2.88. The van der Waals surface area contributed by atoms with Gasteiger partial charge in [-0.25, -0.2) is 0 Å². The Bertz CT molecular complexity index is 206. The molecule has 90 valence electrons. The summed E-state index contributed by atoms with van der Waals surface area (Å²) in [6, 6.07) is 0.0576. The standard InChI is InChI=1S/C10H20N2O2.ClH/c1-8(7-11)12-9(13)10(2)3-5-14-6-4-10;/h8H,3-7,11H2,1-2H3,(H,12,13);1H/t8-;/m1./s1. The number of carbonyl (C=O) groups is 1. The maximum atomic E-state index is 11.9. The maximum Gasteiger partial charge on any atom is 0.226 e. The molecule has 1 atom stereocenters. The summed E-state index contributed by atoms with van der Waals surface area (Å²) in [4.78, 5) is 11.9. The van der Waals surface area contributed by atoms with Crippen molar-refractivity contribution in [1.82, 2.24) is 5.32 Å². The molecule has 0 saturated carbocycles. The zero-order valence-corrected chi connectivity index (χ0v) is 10.2. The van der Waals surface area contributed by atoms with E-state index in [1.807, 2.05) is 13.8 Å². The second kappa shape index (κ2) is 6.30. The van der Waals surface area contributed by atoms with Gasteiger partial charge < -0.3 is 15.8 Å². The molecular weight excluding hydrogens is 216 g/mol. The third-order valence-electron chi connectivity index (χ3n) is 2.88. The molecule has 1 rings (SSSR count). The number of nitrogens with one attached hydrogen (secondary N) is 1. The number of carbonyl (C=O) groups excluding carboxylic acids is 1. The van der Waals surface area contributed by atoms with Gasteiger partial charge >= 0.3 is 0 Å². The van der Waals surface area contributed by atoms with Crippen LogP contribution >= 0.6 is 12.4 Å². The summed E-state index contributed by atoms with van der Waals surface area (Å²) in [5, 5.41) is 2.92. The Morgan fingerprint density at radius 3 is 2.53 bits per heavy atom. The van der Waals surface area contributed by atoms with Crippen LogP contribution in [0.25, 0.3) is 0 Å². The van der Waals surface area contributed by atoms with Gasteiger partial charge in [0.2, 0.25) is 5.91 Å². The van der Waals surface area contributed by atoms with Gasteiger partial charge in [-0.05, 0) is 19.8 Å². The molecule has 0 bridgehead atoms.